The summed E-state index contributed by atoms with van der Waals surface area (Å²) in [6.45, 7) is 11.2. The summed E-state index contributed by atoms with van der Waals surface area (Å²) in [6.07, 6.45) is 2.65. The zero-order valence-electron chi connectivity index (χ0n) is 18.5. The first kappa shape index (κ1) is 23.2. The normalized spacial score (nSPS) is 17.8. The first-order valence-electron chi connectivity index (χ1n) is 10.3. The Labute approximate surface area is 194 Å². The summed E-state index contributed by atoms with van der Waals surface area (Å²) in [4.78, 5) is 15.1. The molecule has 2 aromatic carbocycles. The van der Waals surface area contributed by atoms with Crippen molar-refractivity contribution in [2.24, 2.45) is 0 Å². The monoisotopic (exact) mass is 455 g/mol. The molecule has 162 valence electrons. The number of anilines is 2. The maximum absolute atomic E-state index is 12.7. The van der Waals surface area contributed by atoms with E-state index in [4.69, 9.17) is 23.2 Å². The minimum Gasteiger partial charge on any atom is -0.364 e. The van der Waals surface area contributed by atoms with E-state index in [1.807, 2.05) is 12.1 Å². The van der Waals surface area contributed by atoms with Crippen molar-refractivity contribution in [3.8, 4) is 6.07 Å². The van der Waals surface area contributed by atoms with Gasteiger partial charge in [0.05, 0.1) is 10.7 Å². The van der Waals surface area contributed by atoms with Crippen molar-refractivity contribution in [2.75, 3.05) is 10.2 Å². The lowest BCUT2D eigenvalue weighted by Crippen LogP contribution is -2.51. The van der Waals surface area contributed by atoms with E-state index in [0.29, 0.717) is 27.7 Å². The standard InChI is InChI=1S/C25H27Cl2N3O/c1-15(2)30-23-9-6-17(11-20(23)16(3)13-25(30,4)5)10-18(14-28)24(31)29-22-8-7-19(26)12-21(22)27/h6-12,15-16H,13H2,1-5H3,(H,29,31)/b18-10-/t16-/m0/s1. The van der Waals surface area contributed by atoms with Crippen molar-refractivity contribution in [3.63, 3.8) is 0 Å². The average molecular weight is 456 g/mol. The quantitative estimate of drug-likeness (QED) is 0.397. The summed E-state index contributed by atoms with van der Waals surface area (Å²) in [5.41, 5.74) is 3.75. The number of halogens is 2. The molecule has 3 rings (SSSR count). The number of nitrogens with one attached hydrogen (secondary N) is 1. The Morgan fingerprint density at radius 1 is 1.26 bits per heavy atom. The topological polar surface area (TPSA) is 56.1 Å². The van der Waals surface area contributed by atoms with Crippen molar-refractivity contribution in [2.45, 2.75) is 58.5 Å². The van der Waals surface area contributed by atoms with Crippen LogP contribution in [0.2, 0.25) is 10.0 Å². The molecule has 6 heteroatoms. The number of hydrogen-bond acceptors (Lipinski definition) is 3. The average Bonchev–Trinajstić information content (AvgIpc) is 2.67. The van der Waals surface area contributed by atoms with E-state index in [9.17, 15) is 10.1 Å². The molecule has 0 aliphatic carbocycles. The molecule has 0 spiro atoms. The van der Waals surface area contributed by atoms with Gasteiger partial charge in [0, 0.05) is 22.3 Å². The van der Waals surface area contributed by atoms with Crippen LogP contribution in [0.4, 0.5) is 11.4 Å². The van der Waals surface area contributed by atoms with E-state index in [2.05, 4.69) is 57.0 Å². The second-order valence-corrected chi connectivity index (χ2v) is 9.79. The maximum Gasteiger partial charge on any atom is 0.266 e. The van der Waals surface area contributed by atoms with E-state index in [-0.39, 0.29) is 11.1 Å². The predicted molar refractivity (Wildman–Crippen MR) is 130 cm³/mol. The van der Waals surface area contributed by atoms with Gasteiger partial charge in [-0.25, -0.2) is 0 Å². The van der Waals surface area contributed by atoms with Crippen LogP contribution in [-0.4, -0.2) is 17.5 Å². The molecular formula is C25H27Cl2N3O. The third kappa shape index (κ3) is 4.89. The van der Waals surface area contributed by atoms with Crippen LogP contribution in [0.1, 0.15) is 58.1 Å². The lowest BCUT2D eigenvalue weighted by Gasteiger charge is -2.50. The highest BCUT2D eigenvalue weighted by atomic mass is 35.5. The largest absolute Gasteiger partial charge is 0.364 e. The SMILES string of the molecule is CC(C)N1c2ccc(/C=C(/C#N)C(=O)Nc3ccc(Cl)cc3Cl)cc2[C@@H](C)CC1(C)C. The van der Waals surface area contributed by atoms with Crippen molar-refractivity contribution in [1.29, 1.82) is 5.26 Å². The zero-order valence-corrected chi connectivity index (χ0v) is 20.0. The van der Waals surface area contributed by atoms with Gasteiger partial charge in [-0.3, -0.25) is 4.79 Å². The highest BCUT2D eigenvalue weighted by Crippen LogP contribution is 2.44. The number of amides is 1. The van der Waals surface area contributed by atoms with Gasteiger partial charge in [0.15, 0.2) is 0 Å². The van der Waals surface area contributed by atoms with E-state index in [1.165, 1.54) is 11.3 Å². The minimum atomic E-state index is -0.512. The molecular weight excluding hydrogens is 429 g/mol. The number of nitrogens with zero attached hydrogens (tertiary/aromatic N) is 2. The van der Waals surface area contributed by atoms with Crippen LogP contribution in [0.15, 0.2) is 42.0 Å². The Morgan fingerprint density at radius 3 is 2.58 bits per heavy atom. The molecule has 1 aliphatic heterocycles. The van der Waals surface area contributed by atoms with Crippen LogP contribution >= 0.6 is 23.2 Å². The number of carbonyl (C=O) groups is 1. The number of hydrogen-bond donors (Lipinski definition) is 1. The summed E-state index contributed by atoms with van der Waals surface area (Å²) >= 11 is 12.0. The van der Waals surface area contributed by atoms with E-state index < -0.39 is 5.91 Å². The molecule has 0 radical (unpaired) electrons. The highest BCUT2D eigenvalue weighted by Gasteiger charge is 2.37. The summed E-state index contributed by atoms with van der Waals surface area (Å²) < 4.78 is 0. The van der Waals surface area contributed by atoms with Gasteiger partial charge in [0.25, 0.3) is 5.91 Å². The van der Waals surface area contributed by atoms with E-state index >= 15 is 0 Å². The summed E-state index contributed by atoms with van der Waals surface area (Å²) in [5, 5.41) is 13.1. The second kappa shape index (κ2) is 8.94. The molecule has 1 N–H and O–H groups in total. The third-order valence-electron chi connectivity index (χ3n) is 5.67. The molecule has 1 amide bonds. The van der Waals surface area contributed by atoms with Crippen molar-refractivity contribution in [3.05, 3.63) is 63.1 Å². The molecule has 1 heterocycles. The van der Waals surface area contributed by atoms with Crippen molar-refractivity contribution in [1.82, 2.24) is 0 Å². The molecule has 0 fully saturated rings. The Hall–Kier alpha value is -2.48. The fourth-order valence-electron chi connectivity index (χ4n) is 4.63. The van der Waals surface area contributed by atoms with Gasteiger partial charge in [-0.2, -0.15) is 5.26 Å². The number of fused-ring (bicyclic) bond motifs is 1. The fraction of sp³-hybridized carbons (Fsp3) is 0.360. The van der Waals surface area contributed by atoms with Crippen LogP contribution in [0, 0.1) is 11.3 Å². The van der Waals surface area contributed by atoms with Crippen LogP contribution in [0.5, 0.6) is 0 Å². The first-order chi connectivity index (χ1) is 14.5. The number of rotatable bonds is 4. The number of benzene rings is 2. The van der Waals surface area contributed by atoms with Gasteiger partial charge in [-0.15, -0.1) is 0 Å². The van der Waals surface area contributed by atoms with Crippen LogP contribution < -0.4 is 10.2 Å². The molecule has 0 aromatic heterocycles. The lowest BCUT2D eigenvalue weighted by atomic mass is 9.79. The van der Waals surface area contributed by atoms with Gasteiger partial charge in [-0.1, -0.05) is 36.2 Å². The zero-order chi connectivity index (χ0) is 22.9. The molecule has 4 nitrogen and oxygen atoms in total. The fourth-order valence-corrected chi connectivity index (χ4v) is 5.09. The molecule has 1 aliphatic rings. The van der Waals surface area contributed by atoms with Gasteiger partial charge in [-0.05, 0) is 87.6 Å². The minimum absolute atomic E-state index is 0.00970. The van der Waals surface area contributed by atoms with E-state index in [0.717, 1.165) is 12.0 Å². The maximum atomic E-state index is 12.7. The Kier molecular flexibility index (Phi) is 6.69. The smallest absolute Gasteiger partial charge is 0.266 e. The molecule has 1 atom stereocenters. The summed E-state index contributed by atoms with van der Waals surface area (Å²) in [6, 6.07) is 13.3. The van der Waals surface area contributed by atoms with Crippen LogP contribution in [0.25, 0.3) is 6.08 Å². The van der Waals surface area contributed by atoms with Crippen LogP contribution in [0.3, 0.4) is 0 Å². The lowest BCUT2D eigenvalue weighted by molar-refractivity contribution is -0.112. The Morgan fingerprint density at radius 2 is 1.97 bits per heavy atom. The summed E-state index contributed by atoms with van der Waals surface area (Å²) in [7, 11) is 0. The molecule has 0 unspecified atom stereocenters. The van der Waals surface area contributed by atoms with E-state index in [1.54, 1.807) is 24.3 Å². The molecule has 0 bridgehead atoms. The van der Waals surface area contributed by atoms with Gasteiger partial charge in [0.1, 0.15) is 11.6 Å². The number of nitriles is 1. The molecule has 0 saturated carbocycles. The Bertz CT molecular complexity index is 1080. The van der Waals surface area contributed by atoms with Gasteiger partial charge < -0.3 is 10.2 Å². The second-order valence-electron chi connectivity index (χ2n) is 8.95. The molecule has 31 heavy (non-hydrogen) atoms. The Balaban J connectivity index is 1.93. The van der Waals surface area contributed by atoms with Crippen LogP contribution in [-0.2, 0) is 4.79 Å². The van der Waals surface area contributed by atoms with Crippen molar-refractivity contribution >= 4 is 46.6 Å². The van der Waals surface area contributed by atoms with Gasteiger partial charge in [0.2, 0.25) is 0 Å². The first-order valence-corrected chi connectivity index (χ1v) is 11.1. The van der Waals surface area contributed by atoms with Gasteiger partial charge >= 0.3 is 0 Å². The molecule has 2 aromatic rings. The van der Waals surface area contributed by atoms with Crippen molar-refractivity contribution < 1.29 is 4.79 Å². The summed E-state index contributed by atoms with van der Waals surface area (Å²) in [5.74, 6) is -0.136. The number of carbonyl (C=O) groups excluding carboxylic acids is 1. The highest BCUT2D eigenvalue weighted by molar-refractivity contribution is 6.36. The predicted octanol–water partition coefficient (Wildman–Crippen LogP) is 7.04. The molecule has 0 saturated heterocycles. The third-order valence-corrected chi connectivity index (χ3v) is 6.22.